The van der Waals surface area contributed by atoms with Crippen LogP contribution in [0.25, 0.3) is 34.2 Å². The highest BCUT2D eigenvalue weighted by atomic mass is 19.4. The third-order valence-corrected chi connectivity index (χ3v) is 6.33. The normalized spacial score (nSPS) is 12.3. The lowest BCUT2D eigenvalue weighted by Gasteiger charge is -2.19. The van der Waals surface area contributed by atoms with Crippen LogP contribution >= 0.6 is 0 Å². The summed E-state index contributed by atoms with van der Waals surface area (Å²) in [6, 6.07) is 8.46. The van der Waals surface area contributed by atoms with Gasteiger partial charge < -0.3 is 9.47 Å². The molecule has 9 nitrogen and oxygen atoms in total. The summed E-state index contributed by atoms with van der Waals surface area (Å²) in [5.74, 6) is -1.13. The number of carbonyl (C=O) groups is 1. The van der Waals surface area contributed by atoms with Crippen LogP contribution in [0.3, 0.4) is 0 Å². The van der Waals surface area contributed by atoms with Crippen molar-refractivity contribution < 1.29 is 31.8 Å². The zero-order valence-corrected chi connectivity index (χ0v) is 23.2. The summed E-state index contributed by atoms with van der Waals surface area (Å²) in [5, 5.41) is 4.30. The summed E-state index contributed by atoms with van der Waals surface area (Å²) in [5.41, 5.74) is -0.0712. The van der Waals surface area contributed by atoms with Crippen LogP contribution in [-0.4, -0.2) is 48.9 Å². The molecule has 0 spiro atoms. The number of hydrogen-bond donors (Lipinski definition) is 0. The Morgan fingerprint density at radius 2 is 1.63 bits per heavy atom. The quantitative estimate of drug-likeness (QED) is 0.135. The van der Waals surface area contributed by atoms with Crippen LogP contribution in [0.15, 0.2) is 67.3 Å². The number of esters is 1. The molecule has 0 saturated heterocycles. The predicted octanol–water partition coefficient (Wildman–Crippen LogP) is 6.39. The first-order valence-electron chi connectivity index (χ1n) is 13.5. The molecule has 5 rings (SSSR count). The van der Waals surface area contributed by atoms with Gasteiger partial charge in [-0.05, 0) is 43.2 Å². The van der Waals surface area contributed by atoms with Gasteiger partial charge in [-0.1, -0.05) is 26.0 Å². The zero-order valence-electron chi connectivity index (χ0n) is 23.2. The molecule has 43 heavy (non-hydrogen) atoms. The van der Waals surface area contributed by atoms with Gasteiger partial charge in [0.05, 0.1) is 36.7 Å². The minimum absolute atomic E-state index is 0.0833. The summed E-state index contributed by atoms with van der Waals surface area (Å²) in [7, 11) is 0. The number of rotatable bonds is 10. The molecule has 0 bridgehead atoms. The van der Waals surface area contributed by atoms with Crippen molar-refractivity contribution in [3.8, 4) is 39.9 Å². The molecule has 1 unspecified atom stereocenters. The second kappa shape index (κ2) is 12.5. The summed E-state index contributed by atoms with van der Waals surface area (Å²) in [4.78, 5) is 30.3. The standard InChI is InChI=1S/C30H26F4N6O3/c1-3-11-42-19-9-10-20(22(13-19)30(32,33)34)27-35-14-18(15-36-27)26(29(41)43-12-4-2)40-17-25-24(16-37-40)38-28(39-25)21-7-5-6-8-23(21)31/h5-10,13-17,26H,3-4,11-12H2,1-2H3. The molecule has 0 radical (unpaired) electrons. The summed E-state index contributed by atoms with van der Waals surface area (Å²) >= 11 is 0. The number of aromatic nitrogens is 6. The molecule has 0 N–H and O–H groups in total. The van der Waals surface area contributed by atoms with Crippen molar-refractivity contribution in [2.45, 2.75) is 38.9 Å². The van der Waals surface area contributed by atoms with Crippen molar-refractivity contribution in [3.63, 3.8) is 0 Å². The molecule has 3 heterocycles. The van der Waals surface area contributed by atoms with E-state index >= 15 is 0 Å². The van der Waals surface area contributed by atoms with E-state index in [-0.39, 0.29) is 47.3 Å². The van der Waals surface area contributed by atoms with E-state index in [4.69, 9.17) is 9.47 Å². The maximum atomic E-state index is 14.3. The second-order valence-electron chi connectivity index (χ2n) is 9.51. The number of benzene rings is 2. The van der Waals surface area contributed by atoms with E-state index in [9.17, 15) is 22.4 Å². The van der Waals surface area contributed by atoms with Crippen molar-refractivity contribution in [1.82, 2.24) is 29.7 Å². The van der Waals surface area contributed by atoms with Crippen LogP contribution in [0, 0.1) is 5.82 Å². The van der Waals surface area contributed by atoms with Gasteiger partial charge in [-0.3, -0.25) is 4.68 Å². The Morgan fingerprint density at radius 3 is 2.33 bits per heavy atom. The Hall–Kier alpha value is -4.94. The number of hydrogen-bond acceptors (Lipinski definition) is 8. The fraction of sp³-hybridized carbons (Fsp3) is 0.267. The minimum Gasteiger partial charge on any atom is -0.494 e. The lowest BCUT2D eigenvalue weighted by Crippen LogP contribution is -2.26. The van der Waals surface area contributed by atoms with E-state index in [2.05, 4.69) is 25.0 Å². The highest BCUT2D eigenvalue weighted by molar-refractivity contribution is 5.78. The van der Waals surface area contributed by atoms with Crippen LogP contribution in [-0.2, 0) is 15.7 Å². The van der Waals surface area contributed by atoms with E-state index in [1.165, 1.54) is 47.7 Å². The van der Waals surface area contributed by atoms with Gasteiger partial charge >= 0.3 is 12.1 Å². The molecule has 2 aromatic carbocycles. The minimum atomic E-state index is -4.69. The summed E-state index contributed by atoms with van der Waals surface area (Å²) in [6.45, 7) is 4.09. The number of fused-ring (bicyclic) bond motifs is 1. The molecule has 3 aromatic rings. The van der Waals surface area contributed by atoms with Crippen LogP contribution in [0.2, 0.25) is 0 Å². The number of imidazole rings is 1. The van der Waals surface area contributed by atoms with Crippen molar-refractivity contribution in [1.29, 1.82) is 0 Å². The van der Waals surface area contributed by atoms with Crippen LogP contribution < -0.4 is 4.74 Å². The maximum absolute atomic E-state index is 14.3. The molecule has 2 aliphatic heterocycles. The molecule has 1 atom stereocenters. The Morgan fingerprint density at radius 1 is 0.907 bits per heavy atom. The van der Waals surface area contributed by atoms with E-state index in [0.29, 0.717) is 24.2 Å². The fourth-order valence-corrected chi connectivity index (χ4v) is 4.30. The molecule has 0 saturated carbocycles. The maximum Gasteiger partial charge on any atom is 0.417 e. The predicted molar refractivity (Wildman–Crippen MR) is 147 cm³/mol. The highest BCUT2D eigenvalue weighted by Gasteiger charge is 2.35. The first-order chi connectivity index (χ1) is 20.7. The highest BCUT2D eigenvalue weighted by Crippen LogP contribution is 2.38. The first-order valence-corrected chi connectivity index (χ1v) is 13.5. The number of carbonyl (C=O) groups excluding carboxylic acids is 1. The van der Waals surface area contributed by atoms with Gasteiger partial charge in [0.15, 0.2) is 17.7 Å². The van der Waals surface area contributed by atoms with Crippen LogP contribution in [0.4, 0.5) is 17.6 Å². The van der Waals surface area contributed by atoms with Crippen LogP contribution in [0.1, 0.15) is 43.9 Å². The molecule has 0 amide bonds. The molecule has 2 aliphatic rings. The average molecular weight is 595 g/mol. The van der Waals surface area contributed by atoms with E-state index in [0.717, 1.165) is 6.07 Å². The third-order valence-electron chi connectivity index (χ3n) is 6.33. The van der Waals surface area contributed by atoms with Crippen molar-refractivity contribution in [2.24, 2.45) is 0 Å². The van der Waals surface area contributed by atoms with Crippen molar-refractivity contribution in [2.75, 3.05) is 13.2 Å². The van der Waals surface area contributed by atoms with Gasteiger partial charge in [-0.25, -0.2) is 29.1 Å². The monoisotopic (exact) mass is 594 g/mol. The first kappa shape index (κ1) is 29.5. The smallest absolute Gasteiger partial charge is 0.417 e. The van der Waals surface area contributed by atoms with E-state index in [1.54, 1.807) is 18.2 Å². The molecule has 1 aromatic heterocycles. The molecule has 0 aliphatic carbocycles. The van der Waals surface area contributed by atoms with Crippen LogP contribution in [0.5, 0.6) is 5.75 Å². The number of alkyl halides is 3. The van der Waals surface area contributed by atoms with Crippen molar-refractivity contribution >= 4 is 5.97 Å². The van der Waals surface area contributed by atoms with Gasteiger partial charge in [0.25, 0.3) is 0 Å². The van der Waals surface area contributed by atoms with Gasteiger partial charge in [-0.15, -0.1) is 0 Å². The fourth-order valence-electron chi connectivity index (χ4n) is 4.30. The Balaban J connectivity index is 1.52. The molecular weight excluding hydrogens is 568 g/mol. The number of halogens is 4. The summed E-state index contributed by atoms with van der Waals surface area (Å²) in [6.07, 6.45) is 1.84. The molecular formula is C30H26F4N6O3. The topological polar surface area (TPSA) is 105 Å². The average Bonchev–Trinajstić information content (AvgIpc) is 3.42. The van der Waals surface area contributed by atoms with Gasteiger partial charge in [0, 0.05) is 23.5 Å². The van der Waals surface area contributed by atoms with Crippen molar-refractivity contribution in [3.05, 3.63) is 84.2 Å². The second-order valence-corrected chi connectivity index (χ2v) is 9.51. The third kappa shape index (κ3) is 6.45. The Labute approximate surface area is 243 Å². The Bertz CT molecular complexity index is 1690. The van der Waals surface area contributed by atoms with E-state index in [1.807, 2.05) is 13.8 Å². The SMILES string of the molecule is CCCOC(=O)C(c1cnc(-c2ccc(OCCC)cc2C(F)(F)F)nc1)n1cc2nc(-c3ccccc3F)nc-2cn1. The summed E-state index contributed by atoms with van der Waals surface area (Å²) < 4.78 is 68.2. The molecule has 13 heteroatoms. The largest absolute Gasteiger partial charge is 0.494 e. The van der Waals surface area contributed by atoms with E-state index < -0.39 is 29.6 Å². The number of ether oxygens (including phenoxy) is 2. The lowest BCUT2D eigenvalue weighted by atomic mass is 10.1. The molecule has 222 valence electrons. The Kier molecular flexibility index (Phi) is 8.60. The van der Waals surface area contributed by atoms with Gasteiger partial charge in [-0.2, -0.15) is 18.3 Å². The lowest BCUT2D eigenvalue weighted by molar-refractivity contribution is -0.146. The molecule has 0 fully saturated rings. The number of nitrogens with zero attached hydrogens (tertiary/aromatic N) is 6. The van der Waals surface area contributed by atoms with Gasteiger partial charge in [0.1, 0.15) is 23.0 Å². The zero-order chi connectivity index (χ0) is 30.6. The van der Waals surface area contributed by atoms with Gasteiger partial charge in [0.2, 0.25) is 0 Å².